The van der Waals surface area contributed by atoms with Gasteiger partial charge in [0.05, 0.1) is 5.69 Å². The molecule has 272 valence electrons. The van der Waals surface area contributed by atoms with Crippen molar-refractivity contribution in [3.63, 3.8) is 0 Å². The first-order chi connectivity index (χ1) is 27.9. The Kier molecular flexibility index (Phi) is 7.49. The highest BCUT2D eigenvalue weighted by Gasteiger charge is 2.44. The van der Waals surface area contributed by atoms with Crippen LogP contribution in [0, 0.1) is 0 Å². The second-order valence-electron chi connectivity index (χ2n) is 16.3. The molecule has 0 aliphatic carbocycles. The lowest BCUT2D eigenvalue weighted by molar-refractivity contribution is 0.590. The summed E-state index contributed by atoms with van der Waals surface area (Å²) in [6, 6.07) is 69.1. The SMILES string of the molecule is CC(C)(C)c1ccc(N(c2ccc3c(c2)N(c2ccccc2)c2cccc4c2B3c2cc3ccccn3c2N4c2ccccc2)c2cccc3ccccc23)cc1. The van der Waals surface area contributed by atoms with E-state index in [2.05, 4.69) is 234 Å². The summed E-state index contributed by atoms with van der Waals surface area (Å²) in [6.45, 7) is 6.85. The maximum atomic E-state index is 2.49. The van der Waals surface area contributed by atoms with E-state index in [4.69, 9.17) is 0 Å². The largest absolute Gasteiger partial charge is 0.311 e. The van der Waals surface area contributed by atoms with Crippen molar-refractivity contribution in [2.75, 3.05) is 14.7 Å². The summed E-state index contributed by atoms with van der Waals surface area (Å²) in [6.07, 6.45) is 2.20. The topological polar surface area (TPSA) is 14.1 Å². The molecule has 5 heteroatoms. The van der Waals surface area contributed by atoms with Gasteiger partial charge >= 0.3 is 0 Å². The van der Waals surface area contributed by atoms with E-state index < -0.39 is 0 Å². The second-order valence-corrected chi connectivity index (χ2v) is 16.3. The van der Waals surface area contributed by atoms with Crippen LogP contribution in [0.15, 0.2) is 194 Å². The van der Waals surface area contributed by atoms with Crippen LogP contribution in [0.4, 0.5) is 51.3 Å². The number of pyridine rings is 1. The lowest BCUT2D eigenvalue weighted by Gasteiger charge is -2.43. The Morgan fingerprint density at radius 2 is 1.12 bits per heavy atom. The van der Waals surface area contributed by atoms with Crippen molar-refractivity contribution in [3.05, 3.63) is 200 Å². The highest BCUT2D eigenvalue weighted by atomic mass is 15.2. The predicted octanol–water partition coefficient (Wildman–Crippen LogP) is 11.9. The molecule has 0 N–H and O–H groups in total. The van der Waals surface area contributed by atoms with Gasteiger partial charge in [-0.05, 0) is 118 Å². The van der Waals surface area contributed by atoms with Gasteiger partial charge in [0.2, 0.25) is 0 Å². The summed E-state index contributed by atoms with van der Waals surface area (Å²) in [5.41, 5.74) is 15.7. The summed E-state index contributed by atoms with van der Waals surface area (Å²) in [7, 11) is 0. The average molecular weight is 733 g/mol. The molecule has 9 aromatic rings. The number of anilines is 9. The van der Waals surface area contributed by atoms with E-state index >= 15 is 0 Å². The van der Waals surface area contributed by atoms with Crippen LogP contribution in [0.1, 0.15) is 26.3 Å². The minimum absolute atomic E-state index is 0.0205. The molecule has 4 heterocycles. The van der Waals surface area contributed by atoms with E-state index in [1.807, 2.05) is 0 Å². The number of hydrogen-bond donors (Lipinski definition) is 0. The lowest BCUT2D eigenvalue weighted by atomic mass is 9.34. The molecule has 11 rings (SSSR count). The molecule has 0 spiro atoms. The smallest absolute Gasteiger partial charge is 0.254 e. The van der Waals surface area contributed by atoms with Crippen molar-refractivity contribution in [2.24, 2.45) is 0 Å². The summed E-state index contributed by atoms with van der Waals surface area (Å²) in [5, 5.41) is 2.43. The van der Waals surface area contributed by atoms with Crippen LogP contribution in [-0.4, -0.2) is 11.1 Å². The molecule has 7 aromatic carbocycles. The fraction of sp³-hybridized carbons (Fsp3) is 0.0769. The number of para-hydroxylation sites is 2. The Labute approximate surface area is 334 Å². The highest BCUT2D eigenvalue weighted by Crippen LogP contribution is 2.47. The van der Waals surface area contributed by atoms with Gasteiger partial charge in [0.25, 0.3) is 6.71 Å². The van der Waals surface area contributed by atoms with E-state index in [1.54, 1.807) is 0 Å². The van der Waals surface area contributed by atoms with E-state index in [0.29, 0.717) is 0 Å². The number of rotatable bonds is 5. The Morgan fingerprint density at radius 3 is 1.88 bits per heavy atom. The molecule has 0 amide bonds. The summed E-state index contributed by atoms with van der Waals surface area (Å²) >= 11 is 0. The van der Waals surface area contributed by atoms with Gasteiger partial charge in [-0.1, -0.05) is 124 Å². The molecular weight excluding hydrogens is 691 g/mol. The molecule has 0 fully saturated rings. The van der Waals surface area contributed by atoms with E-state index in [0.717, 1.165) is 28.4 Å². The van der Waals surface area contributed by atoms with E-state index in [1.165, 1.54) is 61.1 Å². The fourth-order valence-electron chi connectivity index (χ4n) is 9.27. The Morgan fingerprint density at radius 1 is 0.491 bits per heavy atom. The standard InChI is InChI=1S/C52H41BN4/c1-52(2,3)37-27-29-40(30-28-37)55(46-24-14-17-36-16-10-11-23-43(36)46)42-31-32-44-49(35-42)56(38-18-6-4-7-19-38)47-25-15-26-48-50(47)53(44)45-34-41-22-12-13-33-54(41)51(45)57(48)39-20-8-5-9-21-39/h4-35H,1-3H3. The molecule has 4 nitrogen and oxygen atoms in total. The predicted molar refractivity (Wildman–Crippen MR) is 242 cm³/mol. The third-order valence-electron chi connectivity index (χ3n) is 11.9. The first-order valence-corrected chi connectivity index (χ1v) is 19.9. The van der Waals surface area contributed by atoms with Crippen molar-refractivity contribution in [2.45, 2.75) is 26.2 Å². The zero-order chi connectivity index (χ0) is 38.3. The third-order valence-corrected chi connectivity index (χ3v) is 11.9. The molecule has 2 aliphatic rings. The normalized spacial score (nSPS) is 13.1. The molecule has 0 unspecified atom stereocenters. The van der Waals surface area contributed by atoms with Crippen molar-refractivity contribution in [1.29, 1.82) is 0 Å². The highest BCUT2D eigenvalue weighted by molar-refractivity contribution is 7.00. The minimum Gasteiger partial charge on any atom is -0.311 e. The Hall–Kier alpha value is -6.98. The fourth-order valence-corrected chi connectivity index (χ4v) is 9.27. The van der Waals surface area contributed by atoms with Crippen molar-refractivity contribution < 1.29 is 0 Å². The summed E-state index contributed by atoms with van der Waals surface area (Å²) in [4.78, 5) is 7.39. The molecule has 0 bridgehead atoms. The quantitative estimate of drug-likeness (QED) is 0.164. The van der Waals surface area contributed by atoms with Gasteiger partial charge < -0.3 is 14.2 Å². The maximum Gasteiger partial charge on any atom is 0.254 e. The van der Waals surface area contributed by atoms with Crippen molar-refractivity contribution in [1.82, 2.24) is 4.40 Å². The average Bonchev–Trinajstić information content (AvgIpc) is 3.63. The van der Waals surface area contributed by atoms with Gasteiger partial charge in [-0.15, -0.1) is 0 Å². The molecule has 0 radical (unpaired) electrons. The van der Waals surface area contributed by atoms with Crippen LogP contribution in [-0.2, 0) is 5.41 Å². The monoisotopic (exact) mass is 732 g/mol. The third kappa shape index (κ3) is 5.23. The number of nitrogens with zero attached hydrogens (tertiary/aromatic N) is 4. The van der Waals surface area contributed by atoms with E-state index in [-0.39, 0.29) is 12.1 Å². The summed E-state index contributed by atoms with van der Waals surface area (Å²) in [5.74, 6) is 1.19. The number of hydrogen-bond acceptors (Lipinski definition) is 3. The Balaban J connectivity index is 1.19. The van der Waals surface area contributed by atoms with Crippen LogP contribution in [0.2, 0.25) is 0 Å². The molecular formula is C52H41BN4. The van der Waals surface area contributed by atoms with E-state index in [9.17, 15) is 0 Å². The zero-order valence-corrected chi connectivity index (χ0v) is 32.3. The molecule has 0 saturated heterocycles. The van der Waals surface area contributed by atoms with Crippen molar-refractivity contribution in [3.8, 4) is 0 Å². The second kappa shape index (κ2) is 12.8. The maximum absolute atomic E-state index is 2.49. The molecule has 2 aromatic heterocycles. The van der Waals surface area contributed by atoms with Gasteiger partial charge in [-0.25, -0.2) is 0 Å². The van der Waals surface area contributed by atoms with Gasteiger partial charge in [0, 0.05) is 56.9 Å². The number of benzene rings is 7. The van der Waals surface area contributed by atoms with Crippen LogP contribution in [0.5, 0.6) is 0 Å². The molecule has 2 aliphatic heterocycles. The zero-order valence-electron chi connectivity index (χ0n) is 32.3. The first kappa shape index (κ1) is 33.4. The van der Waals surface area contributed by atoms with Gasteiger partial charge in [0.15, 0.2) is 0 Å². The first-order valence-electron chi connectivity index (χ1n) is 19.9. The minimum atomic E-state index is 0.0205. The lowest BCUT2D eigenvalue weighted by Crippen LogP contribution is -2.61. The van der Waals surface area contributed by atoms with Gasteiger partial charge in [-0.3, -0.25) is 4.90 Å². The molecule has 0 atom stereocenters. The van der Waals surface area contributed by atoms with Crippen LogP contribution in [0.25, 0.3) is 16.3 Å². The van der Waals surface area contributed by atoms with Crippen LogP contribution >= 0.6 is 0 Å². The summed E-state index contributed by atoms with van der Waals surface area (Å²) < 4.78 is 2.36. The van der Waals surface area contributed by atoms with Gasteiger partial charge in [-0.2, -0.15) is 0 Å². The van der Waals surface area contributed by atoms with Crippen molar-refractivity contribution >= 4 is 90.7 Å². The van der Waals surface area contributed by atoms with Crippen LogP contribution in [0.3, 0.4) is 0 Å². The molecule has 0 saturated carbocycles. The van der Waals surface area contributed by atoms with Gasteiger partial charge in [0.1, 0.15) is 5.82 Å². The molecule has 57 heavy (non-hydrogen) atoms. The van der Waals surface area contributed by atoms with Crippen LogP contribution < -0.4 is 31.1 Å². The Bertz CT molecular complexity index is 2960. The number of fused-ring (bicyclic) bond motifs is 7. The number of aromatic nitrogens is 1.